The first-order chi connectivity index (χ1) is 13.0. The zero-order valence-electron chi connectivity index (χ0n) is 17.2. The molecule has 1 saturated heterocycles. The van der Waals surface area contributed by atoms with Crippen molar-refractivity contribution in [2.45, 2.75) is 32.6 Å². The molecule has 0 spiro atoms. The average molecular weight is 375 g/mol. The second-order valence-electron chi connectivity index (χ2n) is 7.15. The van der Waals surface area contributed by atoms with E-state index in [2.05, 4.69) is 58.5 Å². The van der Waals surface area contributed by atoms with Crippen molar-refractivity contribution in [2.24, 2.45) is 10.9 Å². The van der Waals surface area contributed by atoms with Gasteiger partial charge in [-0.1, -0.05) is 12.1 Å². The largest absolute Gasteiger partial charge is 0.466 e. The minimum Gasteiger partial charge on any atom is -0.466 e. The Morgan fingerprint density at radius 2 is 1.93 bits per heavy atom. The van der Waals surface area contributed by atoms with E-state index in [-0.39, 0.29) is 11.9 Å². The highest BCUT2D eigenvalue weighted by Gasteiger charge is 2.27. The molecule has 1 fully saturated rings. The Balaban J connectivity index is 1.71. The third-order valence-corrected chi connectivity index (χ3v) is 5.00. The molecule has 0 radical (unpaired) electrons. The molecular weight excluding hydrogens is 340 g/mol. The van der Waals surface area contributed by atoms with Crippen molar-refractivity contribution in [1.29, 1.82) is 0 Å². The van der Waals surface area contributed by atoms with Gasteiger partial charge in [0.05, 0.1) is 12.5 Å². The molecule has 0 amide bonds. The number of hydrogen-bond donors (Lipinski definition) is 1. The fourth-order valence-electron chi connectivity index (χ4n) is 3.37. The summed E-state index contributed by atoms with van der Waals surface area (Å²) in [5.74, 6) is 0.907. The summed E-state index contributed by atoms with van der Waals surface area (Å²) in [5, 5.41) is 3.46. The van der Waals surface area contributed by atoms with Gasteiger partial charge in [-0.25, -0.2) is 0 Å². The molecule has 0 saturated carbocycles. The number of esters is 1. The number of benzene rings is 1. The molecule has 6 heteroatoms. The Labute approximate surface area is 163 Å². The molecule has 1 N–H and O–H groups in total. The Morgan fingerprint density at radius 3 is 2.48 bits per heavy atom. The van der Waals surface area contributed by atoms with Gasteiger partial charge in [-0.3, -0.25) is 9.79 Å². The molecule has 0 aliphatic carbocycles. The predicted molar refractivity (Wildman–Crippen MR) is 111 cm³/mol. The molecule has 2 rings (SSSR count). The minimum absolute atomic E-state index is 0.0319. The second-order valence-corrected chi connectivity index (χ2v) is 7.15. The lowest BCUT2D eigenvalue weighted by Crippen LogP contribution is -2.47. The first-order valence-corrected chi connectivity index (χ1v) is 9.93. The van der Waals surface area contributed by atoms with Gasteiger partial charge in [0, 0.05) is 46.5 Å². The maximum atomic E-state index is 11.9. The SMILES string of the molecule is CCOC(=O)C1CCN(C(=NC)NCCCc2ccc(N(C)C)cc2)CC1. The molecule has 6 nitrogen and oxygen atoms in total. The highest BCUT2D eigenvalue weighted by molar-refractivity contribution is 5.80. The topological polar surface area (TPSA) is 57.2 Å². The lowest BCUT2D eigenvalue weighted by atomic mass is 9.97. The van der Waals surface area contributed by atoms with Crippen LogP contribution in [-0.4, -0.2) is 64.2 Å². The fraction of sp³-hybridized carbons (Fsp3) is 0.619. The van der Waals surface area contributed by atoms with E-state index in [0.29, 0.717) is 6.61 Å². The molecule has 0 atom stereocenters. The third kappa shape index (κ3) is 6.45. The van der Waals surface area contributed by atoms with Crippen LogP contribution < -0.4 is 10.2 Å². The van der Waals surface area contributed by atoms with Crippen molar-refractivity contribution in [2.75, 3.05) is 52.3 Å². The molecule has 1 aliphatic rings. The van der Waals surface area contributed by atoms with E-state index < -0.39 is 0 Å². The van der Waals surface area contributed by atoms with Crippen LogP contribution in [0.3, 0.4) is 0 Å². The van der Waals surface area contributed by atoms with Crippen molar-refractivity contribution in [3.8, 4) is 0 Å². The van der Waals surface area contributed by atoms with Crippen molar-refractivity contribution in [1.82, 2.24) is 10.2 Å². The molecule has 1 aromatic carbocycles. The zero-order valence-corrected chi connectivity index (χ0v) is 17.2. The Bertz CT molecular complexity index is 605. The molecule has 1 aliphatic heterocycles. The van der Waals surface area contributed by atoms with Crippen molar-refractivity contribution in [3.63, 3.8) is 0 Å². The van der Waals surface area contributed by atoms with Crippen LogP contribution in [-0.2, 0) is 16.0 Å². The van der Waals surface area contributed by atoms with Crippen LogP contribution in [0.5, 0.6) is 0 Å². The van der Waals surface area contributed by atoms with E-state index in [1.807, 2.05) is 14.0 Å². The molecule has 0 aromatic heterocycles. The summed E-state index contributed by atoms with van der Waals surface area (Å²) in [6, 6.07) is 8.72. The molecular formula is C21H34N4O2. The van der Waals surface area contributed by atoms with Crippen LogP contribution in [0.1, 0.15) is 31.7 Å². The number of likely N-dealkylation sites (tertiary alicyclic amines) is 1. The molecule has 1 aromatic rings. The number of rotatable bonds is 7. The summed E-state index contributed by atoms with van der Waals surface area (Å²) in [6.45, 7) is 4.89. The maximum Gasteiger partial charge on any atom is 0.309 e. The number of nitrogens with one attached hydrogen (secondary N) is 1. The van der Waals surface area contributed by atoms with Gasteiger partial charge in [0.25, 0.3) is 0 Å². The number of carbonyl (C=O) groups is 1. The summed E-state index contributed by atoms with van der Waals surface area (Å²) in [7, 11) is 5.93. The summed E-state index contributed by atoms with van der Waals surface area (Å²) < 4.78 is 5.14. The number of aryl methyl sites for hydroxylation is 1. The van der Waals surface area contributed by atoms with E-state index in [1.165, 1.54) is 11.3 Å². The second kappa shape index (κ2) is 10.8. The van der Waals surface area contributed by atoms with Gasteiger partial charge in [0.1, 0.15) is 0 Å². The number of aliphatic imine (C=N–C) groups is 1. The summed E-state index contributed by atoms with van der Waals surface area (Å²) in [4.78, 5) is 20.6. The molecule has 1 heterocycles. The Kier molecular flexibility index (Phi) is 8.43. The van der Waals surface area contributed by atoms with Gasteiger partial charge in [0.2, 0.25) is 0 Å². The van der Waals surface area contributed by atoms with Crippen LogP contribution in [0.25, 0.3) is 0 Å². The van der Waals surface area contributed by atoms with E-state index in [0.717, 1.165) is 51.3 Å². The summed E-state index contributed by atoms with van der Waals surface area (Å²) >= 11 is 0. The van der Waals surface area contributed by atoms with Gasteiger partial charge < -0.3 is 19.9 Å². The number of ether oxygens (including phenoxy) is 1. The Morgan fingerprint density at radius 1 is 1.26 bits per heavy atom. The lowest BCUT2D eigenvalue weighted by Gasteiger charge is -2.33. The monoisotopic (exact) mass is 374 g/mol. The summed E-state index contributed by atoms with van der Waals surface area (Å²) in [6.07, 6.45) is 3.76. The van der Waals surface area contributed by atoms with E-state index in [1.54, 1.807) is 0 Å². The van der Waals surface area contributed by atoms with E-state index >= 15 is 0 Å². The van der Waals surface area contributed by atoms with Crippen molar-refractivity contribution >= 4 is 17.6 Å². The highest BCUT2D eigenvalue weighted by Crippen LogP contribution is 2.19. The van der Waals surface area contributed by atoms with Crippen LogP contribution in [0.4, 0.5) is 5.69 Å². The molecule has 27 heavy (non-hydrogen) atoms. The predicted octanol–water partition coefficient (Wildman–Crippen LogP) is 2.54. The number of carbonyl (C=O) groups excluding carboxylic acids is 1. The summed E-state index contributed by atoms with van der Waals surface area (Å²) in [5.41, 5.74) is 2.58. The average Bonchev–Trinajstić information content (AvgIpc) is 2.69. The highest BCUT2D eigenvalue weighted by atomic mass is 16.5. The van der Waals surface area contributed by atoms with Crippen LogP contribution in [0.15, 0.2) is 29.3 Å². The first kappa shape index (κ1) is 21.1. The number of nitrogens with zero attached hydrogens (tertiary/aromatic N) is 3. The number of anilines is 1. The van der Waals surface area contributed by atoms with Gasteiger partial charge in [-0.2, -0.15) is 0 Å². The van der Waals surface area contributed by atoms with Gasteiger partial charge >= 0.3 is 5.97 Å². The van der Waals surface area contributed by atoms with Gasteiger partial charge in [-0.05, 0) is 50.3 Å². The number of piperidine rings is 1. The first-order valence-electron chi connectivity index (χ1n) is 9.93. The Hall–Kier alpha value is -2.24. The minimum atomic E-state index is -0.0552. The van der Waals surface area contributed by atoms with Crippen molar-refractivity contribution in [3.05, 3.63) is 29.8 Å². The maximum absolute atomic E-state index is 11.9. The number of guanidine groups is 1. The van der Waals surface area contributed by atoms with Gasteiger partial charge in [0.15, 0.2) is 5.96 Å². The number of hydrogen-bond acceptors (Lipinski definition) is 4. The normalized spacial score (nSPS) is 15.6. The van der Waals surface area contributed by atoms with Crippen LogP contribution in [0, 0.1) is 5.92 Å². The van der Waals surface area contributed by atoms with E-state index in [4.69, 9.17) is 4.74 Å². The smallest absolute Gasteiger partial charge is 0.309 e. The van der Waals surface area contributed by atoms with E-state index in [9.17, 15) is 4.79 Å². The molecule has 0 unspecified atom stereocenters. The van der Waals surface area contributed by atoms with Crippen LogP contribution in [0.2, 0.25) is 0 Å². The standard InChI is InChI=1S/C21H34N4O2/c1-5-27-20(26)18-12-15-25(16-13-18)21(22-2)23-14-6-7-17-8-10-19(11-9-17)24(3)4/h8-11,18H,5-7,12-16H2,1-4H3,(H,22,23). The third-order valence-electron chi connectivity index (χ3n) is 5.00. The molecule has 150 valence electrons. The quantitative estimate of drug-likeness (QED) is 0.344. The zero-order chi connectivity index (χ0) is 19.6. The van der Waals surface area contributed by atoms with Crippen molar-refractivity contribution < 1.29 is 9.53 Å². The van der Waals surface area contributed by atoms with Crippen LogP contribution >= 0.6 is 0 Å². The van der Waals surface area contributed by atoms with Gasteiger partial charge in [-0.15, -0.1) is 0 Å². The fourth-order valence-corrected chi connectivity index (χ4v) is 3.37. The lowest BCUT2D eigenvalue weighted by molar-refractivity contribution is -0.149. The molecule has 0 bridgehead atoms.